The van der Waals surface area contributed by atoms with E-state index < -0.39 is 0 Å². The van der Waals surface area contributed by atoms with Crippen LogP contribution in [0.15, 0.2) is 35.7 Å². The summed E-state index contributed by atoms with van der Waals surface area (Å²) in [7, 11) is 0. The quantitative estimate of drug-likeness (QED) is 0.650. The van der Waals surface area contributed by atoms with Gasteiger partial charge in [0, 0.05) is 11.9 Å². The van der Waals surface area contributed by atoms with E-state index in [-0.39, 0.29) is 11.8 Å². The Bertz CT molecular complexity index is 741. The number of unbranched alkanes of at least 4 members (excludes halogenated alkanes) is 1. The van der Waals surface area contributed by atoms with Gasteiger partial charge in [-0.25, -0.2) is 4.98 Å². The second kappa shape index (κ2) is 10.2. The van der Waals surface area contributed by atoms with Gasteiger partial charge in [0.15, 0.2) is 5.13 Å². The highest BCUT2D eigenvalue weighted by Gasteiger charge is 2.13. The van der Waals surface area contributed by atoms with Crippen molar-refractivity contribution in [2.45, 2.75) is 32.1 Å². The minimum atomic E-state index is -0.184. The van der Waals surface area contributed by atoms with Crippen LogP contribution in [0.25, 0.3) is 0 Å². The van der Waals surface area contributed by atoms with Crippen LogP contribution in [0.1, 0.15) is 41.7 Å². The molecule has 1 saturated heterocycles. The fourth-order valence-electron chi connectivity index (χ4n) is 3.14. The summed E-state index contributed by atoms with van der Waals surface area (Å²) in [5, 5.41) is 7.79. The van der Waals surface area contributed by atoms with E-state index in [0.717, 1.165) is 24.9 Å². The molecule has 0 unspecified atom stereocenters. The number of aromatic nitrogens is 1. The highest BCUT2D eigenvalue weighted by molar-refractivity contribution is 7.14. The van der Waals surface area contributed by atoms with Crippen molar-refractivity contribution in [2.24, 2.45) is 0 Å². The third-order valence-corrected chi connectivity index (χ3v) is 5.33. The smallest absolute Gasteiger partial charge is 0.270 e. The van der Waals surface area contributed by atoms with Crippen LogP contribution in [0, 0.1) is 0 Å². The van der Waals surface area contributed by atoms with Gasteiger partial charge < -0.3 is 15.5 Å². The summed E-state index contributed by atoms with van der Waals surface area (Å²) >= 11 is 1.27. The Balaban J connectivity index is 1.36. The Kier molecular flexibility index (Phi) is 7.36. The van der Waals surface area contributed by atoms with Crippen molar-refractivity contribution in [1.29, 1.82) is 0 Å². The van der Waals surface area contributed by atoms with E-state index in [1.807, 2.05) is 30.3 Å². The van der Waals surface area contributed by atoms with Crippen LogP contribution in [0.5, 0.6) is 0 Å². The molecule has 1 aliphatic rings. The van der Waals surface area contributed by atoms with Gasteiger partial charge in [-0.05, 0) is 50.9 Å². The topological polar surface area (TPSA) is 74.3 Å². The first-order valence-electron chi connectivity index (χ1n) is 9.50. The van der Waals surface area contributed by atoms with E-state index in [4.69, 9.17) is 0 Å². The molecule has 0 spiro atoms. The Labute approximate surface area is 164 Å². The maximum Gasteiger partial charge on any atom is 0.270 e. The number of hydrogen-bond donors (Lipinski definition) is 2. The normalized spacial score (nSPS) is 14.2. The number of hydrogen-bond acceptors (Lipinski definition) is 5. The van der Waals surface area contributed by atoms with E-state index >= 15 is 0 Å². The molecule has 0 aliphatic carbocycles. The molecule has 1 aromatic heterocycles. The molecule has 2 aromatic rings. The van der Waals surface area contributed by atoms with Crippen molar-refractivity contribution in [3.63, 3.8) is 0 Å². The van der Waals surface area contributed by atoms with Crippen LogP contribution < -0.4 is 10.6 Å². The molecule has 1 aliphatic heterocycles. The lowest BCUT2D eigenvalue weighted by Crippen LogP contribution is -2.26. The minimum Gasteiger partial charge on any atom is -0.351 e. The van der Waals surface area contributed by atoms with Gasteiger partial charge in [0.1, 0.15) is 5.69 Å². The van der Waals surface area contributed by atoms with Crippen molar-refractivity contribution < 1.29 is 9.59 Å². The number of carbonyl (C=O) groups is 2. The third kappa shape index (κ3) is 6.45. The van der Waals surface area contributed by atoms with Crippen LogP contribution >= 0.6 is 11.3 Å². The highest BCUT2D eigenvalue weighted by atomic mass is 32.1. The molecule has 27 heavy (non-hydrogen) atoms. The number of likely N-dealkylation sites (tertiary alicyclic amines) is 1. The Hall–Kier alpha value is -2.25. The third-order valence-electron chi connectivity index (χ3n) is 4.58. The summed E-state index contributed by atoms with van der Waals surface area (Å²) < 4.78 is 0. The Morgan fingerprint density at radius 1 is 1.11 bits per heavy atom. The van der Waals surface area contributed by atoms with Gasteiger partial charge >= 0.3 is 0 Å². The first kappa shape index (κ1) is 19.5. The number of amides is 2. The zero-order valence-corrected chi connectivity index (χ0v) is 16.3. The number of nitrogens with zero attached hydrogens (tertiary/aromatic N) is 2. The fraction of sp³-hybridized carbons (Fsp3) is 0.450. The van der Waals surface area contributed by atoms with Crippen LogP contribution in [0.4, 0.5) is 5.13 Å². The van der Waals surface area contributed by atoms with Crippen molar-refractivity contribution >= 4 is 28.3 Å². The van der Waals surface area contributed by atoms with Crippen molar-refractivity contribution in [2.75, 3.05) is 31.5 Å². The van der Waals surface area contributed by atoms with Crippen molar-refractivity contribution in [3.8, 4) is 0 Å². The van der Waals surface area contributed by atoms with Crippen molar-refractivity contribution in [3.05, 3.63) is 47.0 Å². The van der Waals surface area contributed by atoms with Crippen LogP contribution in [-0.2, 0) is 11.2 Å². The van der Waals surface area contributed by atoms with Gasteiger partial charge in [0.25, 0.3) is 5.91 Å². The summed E-state index contributed by atoms with van der Waals surface area (Å²) in [6.07, 6.45) is 4.97. The highest BCUT2D eigenvalue weighted by Crippen LogP contribution is 2.16. The lowest BCUT2D eigenvalue weighted by atomic mass is 10.1. The average Bonchev–Trinajstić information content (AvgIpc) is 3.34. The summed E-state index contributed by atoms with van der Waals surface area (Å²) in [4.78, 5) is 30.9. The molecule has 0 saturated carbocycles. The molecule has 2 N–H and O–H groups in total. The summed E-state index contributed by atoms with van der Waals surface area (Å²) in [6, 6.07) is 9.53. The zero-order valence-electron chi connectivity index (χ0n) is 15.4. The average molecular weight is 387 g/mol. The van der Waals surface area contributed by atoms with Crippen LogP contribution in [-0.4, -0.2) is 47.9 Å². The number of nitrogens with one attached hydrogen (secondary N) is 2. The predicted octanol–water partition coefficient (Wildman–Crippen LogP) is 2.93. The van der Waals surface area contributed by atoms with Gasteiger partial charge in [-0.2, -0.15) is 0 Å². The van der Waals surface area contributed by atoms with Gasteiger partial charge in [-0.3, -0.25) is 9.59 Å². The summed E-state index contributed by atoms with van der Waals surface area (Å²) in [6.45, 7) is 4.19. The summed E-state index contributed by atoms with van der Waals surface area (Å²) in [5.74, 6) is -0.319. The van der Waals surface area contributed by atoms with E-state index in [2.05, 4.69) is 20.5 Å². The van der Waals surface area contributed by atoms with Crippen LogP contribution in [0.3, 0.4) is 0 Å². The van der Waals surface area contributed by atoms with Crippen LogP contribution in [0.2, 0.25) is 0 Å². The number of carbonyl (C=O) groups excluding carboxylic acids is 2. The molecule has 0 atom stereocenters. The standard InChI is InChI=1S/C20H26N4O2S/c25-18(14-16-8-2-1-3-9-16)23-20-22-17(15-27-20)19(26)21-10-4-5-11-24-12-6-7-13-24/h1-3,8-9,15H,4-7,10-14H2,(H,21,26)(H,22,23,25). The van der Waals surface area contributed by atoms with E-state index in [1.165, 1.54) is 37.3 Å². The Morgan fingerprint density at radius 2 is 1.89 bits per heavy atom. The number of benzene rings is 1. The molecule has 1 aromatic carbocycles. The maximum atomic E-state index is 12.2. The predicted molar refractivity (Wildman–Crippen MR) is 108 cm³/mol. The van der Waals surface area contributed by atoms with E-state index in [1.54, 1.807) is 5.38 Å². The molecule has 3 rings (SSSR count). The first-order chi connectivity index (χ1) is 13.2. The van der Waals surface area contributed by atoms with Gasteiger partial charge in [0.2, 0.25) is 5.91 Å². The molecular weight excluding hydrogens is 360 g/mol. The number of thiazole rings is 1. The maximum absolute atomic E-state index is 12.2. The molecule has 7 heteroatoms. The number of anilines is 1. The van der Waals surface area contributed by atoms with E-state index in [0.29, 0.717) is 23.8 Å². The van der Waals surface area contributed by atoms with Crippen molar-refractivity contribution in [1.82, 2.24) is 15.2 Å². The monoisotopic (exact) mass is 386 g/mol. The minimum absolute atomic E-state index is 0.135. The largest absolute Gasteiger partial charge is 0.351 e. The molecule has 144 valence electrons. The number of rotatable bonds is 9. The first-order valence-corrected chi connectivity index (χ1v) is 10.4. The van der Waals surface area contributed by atoms with E-state index in [9.17, 15) is 9.59 Å². The SMILES string of the molecule is O=C(Cc1ccccc1)Nc1nc(C(=O)NCCCCN2CCCC2)cs1. The molecule has 2 amide bonds. The molecule has 1 fully saturated rings. The second-order valence-electron chi connectivity index (χ2n) is 6.76. The molecule has 0 bridgehead atoms. The lowest BCUT2D eigenvalue weighted by molar-refractivity contribution is -0.115. The zero-order chi connectivity index (χ0) is 18.9. The Morgan fingerprint density at radius 3 is 2.67 bits per heavy atom. The summed E-state index contributed by atoms with van der Waals surface area (Å²) in [5.41, 5.74) is 1.30. The molecule has 0 radical (unpaired) electrons. The molecular formula is C20H26N4O2S. The second-order valence-corrected chi connectivity index (χ2v) is 7.62. The molecule has 6 nitrogen and oxygen atoms in total. The fourth-order valence-corrected chi connectivity index (χ4v) is 3.85. The molecule has 2 heterocycles. The lowest BCUT2D eigenvalue weighted by Gasteiger charge is -2.13. The van der Waals surface area contributed by atoms with Gasteiger partial charge in [0.05, 0.1) is 6.42 Å². The van der Waals surface area contributed by atoms with Gasteiger partial charge in [-0.15, -0.1) is 11.3 Å². The van der Waals surface area contributed by atoms with Gasteiger partial charge in [-0.1, -0.05) is 30.3 Å².